The number of benzene rings is 2. The summed E-state index contributed by atoms with van der Waals surface area (Å²) < 4.78 is 3.55. The fraction of sp³-hybridized carbons (Fsp3) is 0.190. The van der Waals surface area contributed by atoms with E-state index in [1.165, 1.54) is 4.57 Å². The summed E-state index contributed by atoms with van der Waals surface area (Å²) in [5.41, 5.74) is 7.01. The van der Waals surface area contributed by atoms with Gasteiger partial charge in [-0.1, -0.05) is 30.3 Å². The maximum Gasteiger partial charge on any atom is 0.262 e. The van der Waals surface area contributed by atoms with Crippen LogP contribution in [0.25, 0.3) is 21.8 Å². The number of nitrogens with zero attached hydrogens (tertiary/aromatic N) is 3. The second-order valence-electron chi connectivity index (χ2n) is 6.49. The molecule has 0 atom stereocenters. The maximum atomic E-state index is 12.6. The van der Waals surface area contributed by atoms with Gasteiger partial charge >= 0.3 is 0 Å². The van der Waals surface area contributed by atoms with E-state index in [2.05, 4.69) is 15.8 Å². The number of hydrogen-bond donors (Lipinski definition) is 2. The summed E-state index contributed by atoms with van der Waals surface area (Å²) in [5, 5.41) is 1.70. The zero-order chi connectivity index (χ0) is 19.5. The molecule has 0 bridgehead atoms. The number of carbonyl (C=O) groups excluding carboxylic acids is 1. The molecule has 0 aliphatic heterocycles. The molecule has 28 heavy (non-hydrogen) atoms. The van der Waals surface area contributed by atoms with Crippen molar-refractivity contribution in [3.63, 3.8) is 0 Å². The van der Waals surface area contributed by atoms with Gasteiger partial charge < -0.3 is 4.57 Å². The lowest BCUT2D eigenvalue weighted by molar-refractivity contribution is -0.120. The maximum absolute atomic E-state index is 12.6. The van der Waals surface area contributed by atoms with E-state index in [4.69, 9.17) is 0 Å². The van der Waals surface area contributed by atoms with Gasteiger partial charge in [-0.05, 0) is 36.6 Å². The standard InChI is InChI=1S/C21H21N5O2/c1-2-26-20(28)16-8-4-5-9-17(16)22-21(26)24-23-19(27)12-14-25-13-11-15-7-3-6-10-18(15)25/h3-11,13H,2,12,14H2,1H3,(H,22,24)(H,23,27). The first-order valence-electron chi connectivity index (χ1n) is 9.25. The van der Waals surface area contributed by atoms with Crippen molar-refractivity contribution >= 4 is 33.7 Å². The molecule has 0 aliphatic rings. The minimum absolute atomic E-state index is 0.136. The van der Waals surface area contributed by atoms with Gasteiger partial charge in [0.25, 0.3) is 5.56 Å². The summed E-state index contributed by atoms with van der Waals surface area (Å²) in [5.74, 6) is 0.147. The number of amides is 1. The molecular weight excluding hydrogens is 354 g/mol. The van der Waals surface area contributed by atoms with Gasteiger partial charge in [-0.15, -0.1) is 0 Å². The van der Waals surface area contributed by atoms with E-state index in [-0.39, 0.29) is 11.5 Å². The highest BCUT2D eigenvalue weighted by molar-refractivity contribution is 5.81. The number of hydrogen-bond acceptors (Lipinski definition) is 4. The molecular formula is C21H21N5O2. The van der Waals surface area contributed by atoms with Crippen LogP contribution in [-0.2, 0) is 17.9 Å². The van der Waals surface area contributed by atoms with Crippen molar-refractivity contribution in [3.8, 4) is 0 Å². The van der Waals surface area contributed by atoms with Gasteiger partial charge in [0.15, 0.2) is 0 Å². The highest BCUT2D eigenvalue weighted by Gasteiger charge is 2.10. The van der Waals surface area contributed by atoms with E-state index in [1.807, 2.05) is 60.2 Å². The largest absolute Gasteiger partial charge is 0.347 e. The van der Waals surface area contributed by atoms with Crippen LogP contribution in [0.4, 0.5) is 5.95 Å². The number of anilines is 1. The van der Waals surface area contributed by atoms with Gasteiger partial charge in [0.2, 0.25) is 11.9 Å². The van der Waals surface area contributed by atoms with Crippen LogP contribution < -0.4 is 16.4 Å². The minimum atomic E-state index is -0.178. The molecule has 4 rings (SSSR count). The highest BCUT2D eigenvalue weighted by Crippen LogP contribution is 2.15. The van der Waals surface area contributed by atoms with Crippen molar-refractivity contribution in [3.05, 3.63) is 71.1 Å². The van der Waals surface area contributed by atoms with Crippen LogP contribution >= 0.6 is 0 Å². The van der Waals surface area contributed by atoms with E-state index in [0.29, 0.717) is 36.4 Å². The van der Waals surface area contributed by atoms with Crippen LogP contribution in [0.3, 0.4) is 0 Å². The first kappa shape index (κ1) is 17.8. The van der Waals surface area contributed by atoms with Crippen LogP contribution in [0.2, 0.25) is 0 Å². The van der Waals surface area contributed by atoms with E-state index in [0.717, 1.165) is 10.9 Å². The molecule has 7 heteroatoms. The van der Waals surface area contributed by atoms with Crippen molar-refractivity contribution < 1.29 is 4.79 Å². The van der Waals surface area contributed by atoms with Crippen molar-refractivity contribution in [2.45, 2.75) is 26.4 Å². The van der Waals surface area contributed by atoms with Crippen LogP contribution in [-0.4, -0.2) is 20.0 Å². The Morgan fingerprint density at radius 2 is 1.86 bits per heavy atom. The molecule has 2 aromatic heterocycles. The quantitative estimate of drug-likeness (QED) is 0.508. The summed E-state index contributed by atoms with van der Waals surface area (Å²) in [4.78, 5) is 29.4. The minimum Gasteiger partial charge on any atom is -0.347 e. The Morgan fingerprint density at radius 1 is 1.07 bits per heavy atom. The van der Waals surface area contributed by atoms with E-state index in [1.54, 1.807) is 12.1 Å². The molecule has 7 nitrogen and oxygen atoms in total. The Balaban J connectivity index is 1.45. The van der Waals surface area contributed by atoms with Crippen LogP contribution in [0.15, 0.2) is 65.6 Å². The molecule has 2 aromatic carbocycles. The lowest BCUT2D eigenvalue weighted by Gasteiger charge is -2.14. The van der Waals surface area contributed by atoms with E-state index >= 15 is 0 Å². The normalized spacial score (nSPS) is 11.0. The van der Waals surface area contributed by atoms with Gasteiger partial charge in [-0.2, -0.15) is 0 Å². The first-order valence-corrected chi connectivity index (χ1v) is 9.25. The Morgan fingerprint density at radius 3 is 2.71 bits per heavy atom. The van der Waals surface area contributed by atoms with Gasteiger partial charge in [-0.3, -0.25) is 25.0 Å². The SMILES string of the molecule is CCn1c(NNC(=O)CCn2ccc3ccccc32)nc2ccccc2c1=O. The molecule has 0 fully saturated rings. The second-order valence-corrected chi connectivity index (χ2v) is 6.49. The van der Waals surface area contributed by atoms with Gasteiger partial charge in [0.1, 0.15) is 0 Å². The molecule has 2 N–H and O–H groups in total. The van der Waals surface area contributed by atoms with Crippen molar-refractivity contribution in [1.29, 1.82) is 0 Å². The lowest BCUT2D eigenvalue weighted by atomic mass is 10.2. The number of fused-ring (bicyclic) bond motifs is 2. The van der Waals surface area contributed by atoms with Crippen LogP contribution in [0, 0.1) is 0 Å². The number of carbonyl (C=O) groups is 1. The Hall–Kier alpha value is -3.61. The molecule has 0 radical (unpaired) electrons. The third-order valence-electron chi connectivity index (χ3n) is 4.75. The van der Waals surface area contributed by atoms with E-state index < -0.39 is 0 Å². The number of hydrazine groups is 1. The predicted molar refractivity (Wildman–Crippen MR) is 110 cm³/mol. The number of rotatable bonds is 6. The molecule has 4 aromatic rings. The topological polar surface area (TPSA) is 81.0 Å². The Kier molecular flexibility index (Phi) is 4.80. The summed E-state index contributed by atoms with van der Waals surface area (Å²) in [6, 6.07) is 17.3. The van der Waals surface area contributed by atoms with Gasteiger partial charge in [0.05, 0.1) is 10.9 Å². The molecule has 142 valence electrons. The number of aromatic nitrogens is 3. The number of aryl methyl sites for hydroxylation is 1. The number of nitrogens with one attached hydrogen (secondary N) is 2. The predicted octanol–water partition coefficient (Wildman–Crippen LogP) is 2.90. The second kappa shape index (κ2) is 7.56. The van der Waals surface area contributed by atoms with Crippen LogP contribution in [0.5, 0.6) is 0 Å². The monoisotopic (exact) mass is 375 g/mol. The lowest BCUT2D eigenvalue weighted by Crippen LogP contribution is -2.34. The summed E-state index contributed by atoms with van der Waals surface area (Å²) in [6.07, 6.45) is 2.28. The molecule has 0 saturated carbocycles. The molecule has 0 spiro atoms. The molecule has 0 unspecified atom stereocenters. The summed E-state index contributed by atoms with van der Waals surface area (Å²) in [7, 11) is 0. The van der Waals surface area contributed by atoms with Gasteiger partial charge in [-0.25, -0.2) is 4.98 Å². The summed E-state index contributed by atoms with van der Waals surface area (Å²) >= 11 is 0. The van der Waals surface area contributed by atoms with Crippen molar-refractivity contribution in [1.82, 2.24) is 19.5 Å². The molecule has 0 saturated heterocycles. The van der Waals surface area contributed by atoms with Gasteiger partial charge in [0, 0.05) is 31.2 Å². The highest BCUT2D eigenvalue weighted by atomic mass is 16.2. The molecule has 2 heterocycles. The Bertz CT molecular complexity index is 1210. The van der Waals surface area contributed by atoms with Crippen molar-refractivity contribution in [2.75, 3.05) is 5.43 Å². The fourth-order valence-electron chi connectivity index (χ4n) is 3.30. The average molecular weight is 375 g/mol. The first-order chi connectivity index (χ1) is 13.7. The summed E-state index contributed by atoms with van der Waals surface area (Å²) in [6.45, 7) is 2.87. The smallest absolute Gasteiger partial charge is 0.262 e. The number of para-hydroxylation sites is 2. The zero-order valence-electron chi connectivity index (χ0n) is 15.6. The molecule has 1 amide bonds. The Labute approximate surface area is 161 Å². The van der Waals surface area contributed by atoms with Crippen molar-refractivity contribution in [2.24, 2.45) is 0 Å². The van der Waals surface area contributed by atoms with E-state index in [9.17, 15) is 9.59 Å². The zero-order valence-corrected chi connectivity index (χ0v) is 15.6. The fourth-order valence-corrected chi connectivity index (χ4v) is 3.30. The third-order valence-corrected chi connectivity index (χ3v) is 4.75. The third kappa shape index (κ3) is 3.34. The molecule has 0 aliphatic carbocycles. The average Bonchev–Trinajstić information content (AvgIpc) is 3.14. The van der Waals surface area contributed by atoms with Crippen LogP contribution in [0.1, 0.15) is 13.3 Å².